The van der Waals surface area contributed by atoms with Crippen LogP contribution < -0.4 is 4.90 Å². The van der Waals surface area contributed by atoms with E-state index in [1.807, 2.05) is 6.07 Å². The molecule has 0 bridgehead atoms. The second-order valence-electron chi connectivity index (χ2n) is 5.78. The Bertz CT molecular complexity index is 783. The lowest BCUT2D eigenvalue weighted by molar-refractivity contribution is -0.143. The van der Waals surface area contributed by atoms with Gasteiger partial charge >= 0.3 is 5.97 Å². The van der Waals surface area contributed by atoms with E-state index in [0.717, 1.165) is 5.69 Å². The SMILES string of the molecule is CCOC(=O)CN1C(=S)N(c2cccc(Cl)c2)C2CS(=O)(=O)CC21. The van der Waals surface area contributed by atoms with E-state index >= 15 is 0 Å². The highest BCUT2D eigenvalue weighted by molar-refractivity contribution is 7.91. The van der Waals surface area contributed by atoms with Crippen LogP contribution in [0.5, 0.6) is 0 Å². The van der Waals surface area contributed by atoms with Crippen molar-refractivity contribution in [2.24, 2.45) is 0 Å². The Morgan fingerprint density at radius 1 is 1.38 bits per heavy atom. The van der Waals surface area contributed by atoms with E-state index in [4.69, 9.17) is 28.6 Å². The third kappa shape index (κ3) is 3.22. The highest BCUT2D eigenvalue weighted by Crippen LogP contribution is 2.35. The molecule has 3 rings (SSSR count). The second-order valence-corrected chi connectivity index (χ2v) is 8.73. The molecule has 9 heteroatoms. The molecule has 1 aromatic rings. The molecule has 0 amide bonds. The van der Waals surface area contributed by atoms with Gasteiger partial charge in [-0.1, -0.05) is 17.7 Å². The molecule has 24 heavy (non-hydrogen) atoms. The minimum Gasteiger partial charge on any atom is -0.465 e. The van der Waals surface area contributed by atoms with Crippen LogP contribution in [-0.2, 0) is 19.4 Å². The molecular formula is C15H17ClN2O4S2. The Balaban J connectivity index is 1.95. The minimum absolute atomic E-state index is 0.00362. The van der Waals surface area contributed by atoms with Crippen molar-refractivity contribution < 1.29 is 17.9 Å². The van der Waals surface area contributed by atoms with Gasteiger partial charge in [0.05, 0.1) is 30.2 Å². The lowest BCUT2D eigenvalue weighted by atomic mass is 10.1. The molecule has 1 aromatic carbocycles. The molecule has 130 valence electrons. The molecule has 2 unspecified atom stereocenters. The van der Waals surface area contributed by atoms with Crippen molar-refractivity contribution in [1.29, 1.82) is 0 Å². The smallest absolute Gasteiger partial charge is 0.325 e. The van der Waals surface area contributed by atoms with Gasteiger partial charge in [-0.2, -0.15) is 0 Å². The Morgan fingerprint density at radius 2 is 2.08 bits per heavy atom. The molecular weight excluding hydrogens is 372 g/mol. The van der Waals surface area contributed by atoms with Crippen molar-refractivity contribution in [3.05, 3.63) is 29.3 Å². The van der Waals surface area contributed by atoms with Crippen molar-refractivity contribution in [3.8, 4) is 0 Å². The number of ether oxygens (including phenoxy) is 1. The number of halogens is 1. The molecule has 6 nitrogen and oxygen atoms in total. The summed E-state index contributed by atoms with van der Waals surface area (Å²) >= 11 is 11.6. The molecule has 2 saturated heterocycles. The van der Waals surface area contributed by atoms with Crippen molar-refractivity contribution >= 4 is 50.4 Å². The summed E-state index contributed by atoms with van der Waals surface area (Å²) in [5.74, 6) is -0.436. The maximum atomic E-state index is 12.1. The zero-order valence-electron chi connectivity index (χ0n) is 13.0. The number of hydrogen-bond acceptors (Lipinski definition) is 5. The lowest BCUT2D eigenvalue weighted by Crippen LogP contribution is -2.41. The van der Waals surface area contributed by atoms with Gasteiger partial charge in [0.1, 0.15) is 6.54 Å². The molecule has 2 fully saturated rings. The number of nitrogens with zero attached hydrogens (tertiary/aromatic N) is 2. The number of rotatable bonds is 4. The molecule has 0 saturated carbocycles. The van der Waals surface area contributed by atoms with Gasteiger partial charge in [0, 0.05) is 10.7 Å². The number of thiocarbonyl (C=S) groups is 1. The molecule has 0 spiro atoms. The third-order valence-electron chi connectivity index (χ3n) is 4.17. The fraction of sp³-hybridized carbons (Fsp3) is 0.467. The van der Waals surface area contributed by atoms with Crippen LogP contribution >= 0.6 is 23.8 Å². The number of esters is 1. The van der Waals surface area contributed by atoms with Gasteiger partial charge in [-0.25, -0.2) is 8.42 Å². The summed E-state index contributed by atoms with van der Waals surface area (Å²) in [4.78, 5) is 15.3. The largest absolute Gasteiger partial charge is 0.465 e. The Kier molecular flexibility index (Phi) is 4.72. The Labute approximate surface area is 151 Å². The third-order valence-corrected chi connectivity index (χ3v) is 6.53. The van der Waals surface area contributed by atoms with Gasteiger partial charge in [-0.15, -0.1) is 0 Å². The predicted octanol–water partition coefficient (Wildman–Crippen LogP) is 1.48. The lowest BCUT2D eigenvalue weighted by Gasteiger charge is -2.25. The Hall–Kier alpha value is -1.38. The van der Waals surface area contributed by atoms with Crippen LogP contribution in [0.15, 0.2) is 24.3 Å². The van der Waals surface area contributed by atoms with Crippen LogP contribution in [0.1, 0.15) is 6.92 Å². The standard InChI is InChI=1S/C15H17ClN2O4S2/c1-2-22-14(19)7-17-12-8-24(20,21)9-13(12)18(15(17)23)11-5-3-4-10(16)6-11/h3-6,12-13H,2,7-9H2,1H3. The molecule has 0 radical (unpaired) electrons. The first-order chi connectivity index (χ1) is 11.3. The first-order valence-electron chi connectivity index (χ1n) is 7.54. The van der Waals surface area contributed by atoms with Crippen LogP contribution in [0.2, 0.25) is 5.02 Å². The average molecular weight is 389 g/mol. The summed E-state index contributed by atoms with van der Waals surface area (Å²) in [7, 11) is -3.19. The van der Waals surface area contributed by atoms with Crippen LogP contribution in [0.25, 0.3) is 0 Å². The molecule has 2 atom stereocenters. The maximum Gasteiger partial charge on any atom is 0.325 e. The highest BCUT2D eigenvalue weighted by Gasteiger charge is 2.52. The number of anilines is 1. The molecule has 2 aliphatic heterocycles. The van der Waals surface area contributed by atoms with Gasteiger partial charge in [0.15, 0.2) is 14.9 Å². The van der Waals surface area contributed by atoms with E-state index in [0.29, 0.717) is 10.1 Å². The van der Waals surface area contributed by atoms with Gasteiger partial charge < -0.3 is 14.5 Å². The van der Waals surface area contributed by atoms with Gasteiger partial charge in [0.2, 0.25) is 0 Å². The van der Waals surface area contributed by atoms with Crippen molar-refractivity contribution in [1.82, 2.24) is 4.90 Å². The summed E-state index contributed by atoms with van der Waals surface area (Å²) < 4.78 is 29.2. The number of benzene rings is 1. The number of sulfone groups is 1. The quantitative estimate of drug-likeness (QED) is 0.571. The van der Waals surface area contributed by atoms with E-state index < -0.39 is 15.8 Å². The van der Waals surface area contributed by atoms with E-state index in [2.05, 4.69) is 0 Å². The first kappa shape index (κ1) is 17.4. The zero-order valence-corrected chi connectivity index (χ0v) is 15.4. The average Bonchev–Trinajstić information content (AvgIpc) is 2.91. The fourth-order valence-corrected chi connectivity index (χ4v) is 5.81. The minimum atomic E-state index is -3.19. The topological polar surface area (TPSA) is 66.9 Å². The maximum absolute atomic E-state index is 12.1. The van der Waals surface area contributed by atoms with Crippen molar-refractivity contribution in [3.63, 3.8) is 0 Å². The van der Waals surface area contributed by atoms with Gasteiger partial charge in [0.25, 0.3) is 0 Å². The first-order valence-corrected chi connectivity index (χ1v) is 10.1. The Morgan fingerprint density at radius 3 is 2.75 bits per heavy atom. The summed E-state index contributed by atoms with van der Waals surface area (Å²) in [6, 6.07) is 6.41. The van der Waals surface area contributed by atoms with Crippen LogP contribution in [-0.4, -0.2) is 61.1 Å². The summed E-state index contributed by atoms with van der Waals surface area (Å²) in [6.45, 7) is 1.94. The number of hydrogen-bond donors (Lipinski definition) is 0. The number of carbonyl (C=O) groups is 1. The molecule has 0 N–H and O–H groups in total. The number of fused-ring (bicyclic) bond motifs is 1. The van der Waals surface area contributed by atoms with E-state index in [-0.39, 0.29) is 36.7 Å². The molecule has 0 aliphatic carbocycles. The normalized spacial score (nSPS) is 25.0. The number of carbonyl (C=O) groups excluding carboxylic acids is 1. The fourth-order valence-electron chi connectivity index (χ4n) is 3.24. The monoisotopic (exact) mass is 388 g/mol. The summed E-state index contributed by atoms with van der Waals surface area (Å²) in [5.41, 5.74) is 0.728. The van der Waals surface area contributed by atoms with E-state index in [1.165, 1.54) is 0 Å². The van der Waals surface area contributed by atoms with Crippen LogP contribution in [0.4, 0.5) is 5.69 Å². The van der Waals surface area contributed by atoms with Crippen molar-refractivity contribution in [2.75, 3.05) is 29.6 Å². The molecule has 2 heterocycles. The van der Waals surface area contributed by atoms with E-state index in [1.54, 1.807) is 34.9 Å². The second kappa shape index (κ2) is 6.50. The summed E-state index contributed by atoms with van der Waals surface area (Å²) in [6.07, 6.45) is 0. The summed E-state index contributed by atoms with van der Waals surface area (Å²) in [5, 5.41) is 0.965. The predicted molar refractivity (Wildman–Crippen MR) is 96.1 cm³/mol. The highest BCUT2D eigenvalue weighted by atomic mass is 35.5. The van der Waals surface area contributed by atoms with Crippen LogP contribution in [0, 0.1) is 0 Å². The van der Waals surface area contributed by atoms with Gasteiger partial charge in [-0.3, -0.25) is 4.79 Å². The molecule has 2 aliphatic rings. The van der Waals surface area contributed by atoms with E-state index in [9.17, 15) is 13.2 Å². The van der Waals surface area contributed by atoms with Crippen LogP contribution in [0.3, 0.4) is 0 Å². The molecule has 0 aromatic heterocycles. The zero-order chi connectivity index (χ0) is 17.5. The van der Waals surface area contributed by atoms with Crippen molar-refractivity contribution in [2.45, 2.75) is 19.0 Å². The van der Waals surface area contributed by atoms with Gasteiger partial charge in [-0.05, 0) is 37.3 Å².